The highest BCUT2D eigenvalue weighted by Crippen LogP contribution is 2.28. The number of carbonyl (C=O) groups excluding carboxylic acids is 2. The topological polar surface area (TPSA) is 67.4 Å². The lowest BCUT2D eigenvalue weighted by molar-refractivity contribution is -0.122. The summed E-state index contributed by atoms with van der Waals surface area (Å²) in [5.41, 5.74) is 1.02. The Morgan fingerprint density at radius 1 is 1.23 bits per heavy atom. The molecule has 0 fully saturated rings. The number of benzene rings is 2. The summed E-state index contributed by atoms with van der Waals surface area (Å²) in [7, 11) is 0. The molecule has 0 saturated carbocycles. The van der Waals surface area contributed by atoms with Crippen LogP contribution in [-0.2, 0) is 4.79 Å². The van der Waals surface area contributed by atoms with Gasteiger partial charge >= 0.3 is 0 Å². The lowest BCUT2D eigenvalue weighted by atomic mass is 10.2. The van der Waals surface area contributed by atoms with Gasteiger partial charge in [0, 0.05) is 22.8 Å². The van der Waals surface area contributed by atoms with Gasteiger partial charge < -0.3 is 15.4 Å². The molecule has 2 rings (SSSR count). The van der Waals surface area contributed by atoms with Crippen molar-refractivity contribution in [3.8, 4) is 5.75 Å². The maximum atomic E-state index is 12.4. The summed E-state index contributed by atoms with van der Waals surface area (Å²) < 4.78 is 6.33. The SMILES string of the molecule is CCCNC(=O)c1cccc(NC(=O)C(C)Oc2ccc(Cl)cc2Br)c1. The Morgan fingerprint density at radius 3 is 2.69 bits per heavy atom. The van der Waals surface area contributed by atoms with E-state index in [-0.39, 0.29) is 11.8 Å². The first-order valence-electron chi connectivity index (χ1n) is 8.21. The fourth-order valence-corrected chi connectivity index (χ4v) is 2.91. The standard InChI is InChI=1S/C19H20BrClN2O3/c1-3-9-22-19(25)13-5-4-6-15(10-13)23-18(24)12(2)26-17-8-7-14(21)11-16(17)20/h4-8,10-12H,3,9H2,1-2H3,(H,22,25)(H,23,24). The Balaban J connectivity index is 2.01. The maximum Gasteiger partial charge on any atom is 0.265 e. The lowest BCUT2D eigenvalue weighted by Crippen LogP contribution is -2.30. The van der Waals surface area contributed by atoms with Crippen molar-refractivity contribution in [2.75, 3.05) is 11.9 Å². The predicted molar refractivity (Wildman–Crippen MR) is 107 cm³/mol. The average molecular weight is 440 g/mol. The van der Waals surface area contributed by atoms with Crippen molar-refractivity contribution in [2.24, 2.45) is 0 Å². The van der Waals surface area contributed by atoms with Crippen LogP contribution in [0.15, 0.2) is 46.9 Å². The first-order valence-corrected chi connectivity index (χ1v) is 9.38. The molecule has 0 spiro atoms. The number of nitrogens with one attached hydrogen (secondary N) is 2. The van der Waals surface area contributed by atoms with E-state index >= 15 is 0 Å². The van der Waals surface area contributed by atoms with Crippen molar-refractivity contribution in [1.82, 2.24) is 5.32 Å². The Bertz CT molecular complexity index is 798. The molecule has 0 aromatic heterocycles. The van der Waals surface area contributed by atoms with Gasteiger partial charge in [0.15, 0.2) is 6.10 Å². The van der Waals surface area contributed by atoms with Crippen LogP contribution in [-0.4, -0.2) is 24.5 Å². The predicted octanol–water partition coefficient (Wildman–Crippen LogP) is 4.65. The summed E-state index contributed by atoms with van der Waals surface area (Å²) >= 11 is 9.25. The van der Waals surface area contributed by atoms with Crippen LogP contribution in [0.5, 0.6) is 5.75 Å². The van der Waals surface area contributed by atoms with Gasteiger partial charge in [0.2, 0.25) is 0 Å². The molecule has 2 N–H and O–H groups in total. The van der Waals surface area contributed by atoms with Crippen LogP contribution >= 0.6 is 27.5 Å². The van der Waals surface area contributed by atoms with Gasteiger partial charge in [-0.1, -0.05) is 24.6 Å². The van der Waals surface area contributed by atoms with E-state index in [4.69, 9.17) is 16.3 Å². The van der Waals surface area contributed by atoms with Crippen LogP contribution in [0.1, 0.15) is 30.6 Å². The normalized spacial score (nSPS) is 11.5. The molecule has 1 unspecified atom stereocenters. The number of anilines is 1. The molecular weight excluding hydrogens is 420 g/mol. The van der Waals surface area contributed by atoms with Gasteiger partial charge in [-0.3, -0.25) is 9.59 Å². The highest BCUT2D eigenvalue weighted by atomic mass is 79.9. The fraction of sp³-hybridized carbons (Fsp3) is 0.263. The van der Waals surface area contributed by atoms with E-state index < -0.39 is 6.10 Å². The summed E-state index contributed by atoms with van der Waals surface area (Å²) in [6, 6.07) is 11.8. The number of carbonyl (C=O) groups is 2. The van der Waals surface area contributed by atoms with Crippen LogP contribution in [0.4, 0.5) is 5.69 Å². The molecule has 138 valence electrons. The zero-order chi connectivity index (χ0) is 19.1. The number of ether oxygens (including phenoxy) is 1. The third kappa shape index (κ3) is 5.75. The minimum atomic E-state index is -0.731. The molecule has 5 nitrogen and oxygen atoms in total. The van der Waals surface area contributed by atoms with E-state index in [2.05, 4.69) is 26.6 Å². The van der Waals surface area contributed by atoms with Crippen molar-refractivity contribution in [1.29, 1.82) is 0 Å². The van der Waals surface area contributed by atoms with Gasteiger partial charge in [0.1, 0.15) is 5.75 Å². The molecule has 0 bridgehead atoms. The maximum absolute atomic E-state index is 12.4. The van der Waals surface area contributed by atoms with Gasteiger partial charge in [-0.2, -0.15) is 0 Å². The highest BCUT2D eigenvalue weighted by molar-refractivity contribution is 9.10. The van der Waals surface area contributed by atoms with E-state index in [1.54, 1.807) is 49.4 Å². The third-order valence-corrected chi connectivity index (χ3v) is 4.35. The van der Waals surface area contributed by atoms with Crippen molar-refractivity contribution in [2.45, 2.75) is 26.4 Å². The average Bonchev–Trinajstić information content (AvgIpc) is 2.62. The minimum absolute atomic E-state index is 0.169. The van der Waals surface area contributed by atoms with Crippen molar-refractivity contribution in [3.63, 3.8) is 0 Å². The second-order valence-electron chi connectivity index (χ2n) is 5.66. The molecule has 2 aromatic carbocycles. The highest BCUT2D eigenvalue weighted by Gasteiger charge is 2.17. The van der Waals surface area contributed by atoms with Crippen LogP contribution in [0.25, 0.3) is 0 Å². The quantitative estimate of drug-likeness (QED) is 0.660. The first kappa shape index (κ1) is 20.3. The molecule has 7 heteroatoms. The lowest BCUT2D eigenvalue weighted by Gasteiger charge is -2.16. The largest absolute Gasteiger partial charge is 0.480 e. The Morgan fingerprint density at radius 2 is 2.00 bits per heavy atom. The van der Waals surface area contributed by atoms with Gasteiger partial charge in [-0.05, 0) is 65.7 Å². The van der Waals surface area contributed by atoms with Gasteiger partial charge in [-0.25, -0.2) is 0 Å². The third-order valence-electron chi connectivity index (χ3n) is 3.49. The molecule has 2 amide bonds. The zero-order valence-corrected chi connectivity index (χ0v) is 16.9. The molecule has 0 heterocycles. The molecule has 0 aliphatic heterocycles. The molecule has 0 saturated heterocycles. The number of halogens is 2. The molecule has 1 atom stereocenters. The minimum Gasteiger partial charge on any atom is -0.480 e. The van der Waals surface area contributed by atoms with E-state index in [0.717, 1.165) is 6.42 Å². The van der Waals surface area contributed by atoms with Crippen LogP contribution in [0.3, 0.4) is 0 Å². The number of hydrogen-bond donors (Lipinski definition) is 2. The molecule has 0 aliphatic rings. The van der Waals surface area contributed by atoms with Crippen molar-refractivity contribution < 1.29 is 14.3 Å². The van der Waals surface area contributed by atoms with Gasteiger partial charge in [-0.15, -0.1) is 0 Å². The summed E-state index contributed by atoms with van der Waals surface area (Å²) in [5, 5.41) is 6.13. The molecule has 0 aliphatic carbocycles. The second kappa shape index (κ2) is 9.59. The number of hydrogen-bond acceptors (Lipinski definition) is 3. The Kier molecular flexibility index (Phi) is 7.48. The van der Waals surface area contributed by atoms with Crippen LogP contribution in [0.2, 0.25) is 5.02 Å². The van der Waals surface area contributed by atoms with Gasteiger partial charge in [0.05, 0.1) is 4.47 Å². The smallest absolute Gasteiger partial charge is 0.265 e. The summed E-state index contributed by atoms with van der Waals surface area (Å²) in [6.45, 7) is 4.24. The van der Waals surface area contributed by atoms with E-state index in [0.29, 0.717) is 33.0 Å². The van der Waals surface area contributed by atoms with Crippen LogP contribution < -0.4 is 15.4 Å². The fourth-order valence-electron chi connectivity index (χ4n) is 2.14. The molecule has 2 aromatic rings. The summed E-state index contributed by atoms with van der Waals surface area (Å²) in [6.07, 6.45) is 0.127. The number of rotatable bonds is 7. The summed E-state index contributed by atoms with van der Waals surface area (Å²) in [5.74, 6) is 0.0278. The molecule has 0 radical (unpaired) electrons. The molecular formula is C19H20BrClN2O3. The van der Waals surface area contributed by atoms with Crippen LogP contribution in [0, 0.1) is 0 Å². The van der Waals surface area contributed by atoms with Gasteiger partial charge in [0.25, 0.3) is 11.8 Å². The van der Waals surface area contributed by atoms with Crippen molar-refractivity contribution in [3.05, 3.63) is 57.5 Å². The Hall–Kier alpha value is -2.05. The first-order chi connectivity index (χ1) is 12.4. The Labute approximate surface area is 166 Å². The summed E-state index contributed by atoms with van der Waals surface area (Å²) in [4.78, 5) is 24.4. The zero-order valence-electron chi connectivity index (χ0n) is 14.5. The number of amides is 2. The van der Waals surface area contributed by atoms with E-state index in [1.807, 2.05) is 6.92 Å². The monoisotopic (exact) mass is 438 g/mol. The molecule has 26 heavy (non-hydrogen) atoms. The van der Waals surface area contributed by atoms with Crippen molar-refractivity contribution >= 4 is 45.0 Å². The van der Waals surface area contributed by atoms with E-state index in [1.165, 1.54) is 0 Å². The van der Waals surface area contributed by atoms with E-state index in [9.17, 15) is 9.59 Å². The second-order valence-corrected chi connectivity index (χ2v) is 6.95.